The lowest BCUT2D eigenvalue weighted by Crippen LogP contribution is -2.34. The van der Waals surface area contributed by atoms with Crippen LogP contribution in [-0.4, -0.2) is 17.9 Å². The third-order valence-electron chi connectivity index (χ3n) is 4.14. The third kappa shape index (κ3) is 4.56. The molecule has 0 aliphatic heterocycles. The molecule has 3 aromatic rings. The van der Waals surface area contributed by atoms with Gasteiger partial charge in [0.15, 0.2) is 0 Å². The lowest BCUT2D eigenvalue weighted by atomic mass is 10.0. The highest BCUT2D eigenvalue weighted by atomic mass is 32.1. The second kappa shape index (κ2) is 8.10. The van der Waals surface area contributed by atoms with Crippen LogP contribution in [0.5, 0.6) is 0 Å². The lowest BCUT2D eigenvalue weighted by molar-refractivity contribution is -0.121. The van der Waals surface area contributed by atoms with Crippen molar-refractivity contribution >= 4 is 22.9 Å². The number of carbonyl (C=O) groups is 1. The molecule has 0 saturated carbocycles. The smallest absolute Gasteiger partial charge is 0.246 e. The van der Waals surface area contributed by atoms with Crippen molar-refractivity contribution in [2.24, 2.45) is 0 Å². The van der Waals surface area contributed by atoms with Gasteiger partial charge in [-0.15, -0.1) is 0 Å². The predicted octanol–water partition coefficient (Wildman–Crippen LogP) is 4.87. The molecule has 0 bridgehead atoms. The fourth-order valence-corrected chi connectivity index (χ4v) is 3.51. The van der Waals surface area contributed by atoms with Crippen LogP contribution in [-0.2, 0) is 11.3 Å². The van der Waals surface area contributed by atoms with Crippen molar-refractivity contribution in [3.8, 4) is 0 Å². The Bertz CT molecular complexity index is 798. The van der Waals surface area contributed by atoms with Gasteiger partial charge in [-0.05, 0) is 54.1 Å². The highest BCUT2D eigenvalue weighted by Crippen LogP contribution is 2.24. The summed E-state index contributed by atoms with van der Waals surface area (Å²) in [4.78, 5) is 15.1. The van der Waals surface area contributed by atoms with Crippen molar-refractivity contribution in [1.29, 1.82) is 0 Å². The Morgan fingerprint density at radius 1 is 1.08 bits per heavy atom. The van der Waals surface area contributed by atoms with Gasteiger partial charge >= 0.3 is 0 Å². The van der Waals surface area contributed by atoms with Gasteiger partial charge < -0.3 is 5.32 Å². The van der Waals surface area contributed by atoms with E-state index in [0.29, 0.717) is 0 Å². The molecule has 1 atom stereocenters. The fraction of sp³-hybridized carbons (Fsp3) is 0.190. The van der Waals surface area contributed by atoms with Gasteiger partial charge in [0.25, 0.3) is 0 Å². The van der Waals surface area contributed by atoms with Crippen LogP contribution in [0.15, 0.2) is 71.4 Å². The number of aryl methyl sites for hydroxylation is 1. The number of thiophene rings is 1. The van der Waals surface area contributed by atoms with E-state index in [1.54, 1.807) is 11.3 Å². The first kappa shape index (κ1) is 17.4. The summed E-state index contributed by atoms with van der Waals surface area (Å²) in [5.41, 5.74) is 4.20. The van der Waals surface area contributed by atoms with E-state index in [9.17, 15) is 4.79 Å². The molecule has 1 N–H and O–H groups in total. The van der Waals surface area contributed by atoms with Crippen molar-refractivity contribution in [1.82, 2.24) is 4.90 Å². The van der Waals surface area contributed by atoms with Crippen molar-refractivity contribution in [2.45, 2.75) is 19.5 Å². The Morgan fingerprint density at radius 3 is 2.44 bits per heavy atom. The second-order valence-corrected chi connectivity index (χ2v) is 7.00. The lowest BCUT2D eigenvalue weighted by Gasteiger charge is -2.27. The molecule has 3 nitrogen and oxygen atoms in total. The van der Waals surface area contributed by atoms with Crippen LogP contribution in [0, 0.1) is 6.92 Å². The molecule has 128 valence electrons. The molecule has 0 aliphatic rings. The molecule has 1 amide bonds. The van der Waals surface area contributed by atoms with E-state index in [-0.39, 0.29) is 11.9 Å². The maximum absolute atomic E-state index is 13.0. The molecular formula is C21H22N2OS. The van der Waals surface area contributed by atoms with E-state index in [2.05, 4.69) is 27.0 Å². The number of hydrogen-bond acceptors (Lipinski definition) is 3. The predicted molar refractivity (Wildman–Crippen MR) is 105 cm³/mol. The quantitative estimate of drug-likeness (QED) is 0.688. The fourth-order valence-electron chi connectivity index (χ4n) is 2.85. The monoisotopic (exact) mass is 350 g/mol. The van der Waals surface area contributed by atoms with E-state index < -0.39 is 0 Å². The number of carbonyl (C=O) groups excluding carboxylic acids is 1. The first-order valence-corrected chi connectivity index (χ1v) is 9.21. The molecule has 0 spiro atoms. The highest BCUT2D eigenvalue weighted by molar-refractivity contribution is 7.07. The van der Waals surface area contributed by atoms with Crippen LogP contribution in [0.3, 0.4) is 0 Å². The zero-order chi connectivity index (χ0) is 17.6. The Balaban J connectivity index is 1.82. The molecule has 3 rings (SSSR count). The Hall–Kier alpha value is -2.43. The molecule has 4 heteroatoms. The van der Waals surface area contributed by atoms with Gasteiger partial charge in [-0.1, -0.05) is 48.0 Å². The van der Waals surface area contributed by atoms with E-state index in [1.807, 2.05) is 68.6 Å². The number of nitrogens with zero attached hydrogens (tertiary/aromatic N) is 1. The molecule has 0 radical (unpaired) electrons. The first-order chi connectivity index (χ1) is 12.1. The highest BCUT2D eigenvalue weighted by Gasteiger charge is 2.25. The SMILES string of the molecule is Cc1ccc(NC(=O)[C@@H](c2ccccc2)N(C)Cc2ccsc2)cc1. The number of likely N-dealkylation sites (N-methyl/N-ethyl adjacent to an activating group) is 1. The average Bonchev–Trinajstić information content (AvgIpc) is 3.11. The topological polar surface area (TPSA) is 32.3 Å². The number of nitrogens with one attached hydrogen (secondary N) is 1. The first-order valence-electron chi connectivity index (χ1n) is 8.27. The summed E-state index contributed by atoms with van der Waals surface area (Å²) in [5, 5.41) is 7.23. The number of anilines is 1. The molecular weight excluding hydrogens is 328 g/mol. The van der Waals surface area contributed by atoms with Crippen LogP contribution in [0.1, 0.15) is 22.7 Å². The normalized spacial score (nSPS) is 12.1. The van der Waals surface area contributed by atoms with Crippen molar-refractivity contribution in [3.05, 3.63) is 88.1 Å². The average molecular weight is 350 g/mol. The third-order valence-corrected chi connectivity index (χ3v) is 4.87. The van der Waals surface area contributed by atoms with Crippen LogP contribution < -0.4 is 5.32 Å². The van der Waals surface area contributed by atoms with E-state index in [4.69, 9.17) is 0 Å². The summed E-state index contributed by atoms with van der Waals surface area (Å²) < 4.78 is 0. The molecule has 2 aromatic carbocycles. The maximum atomic E-state index is 13.0. The Morgan fingerprint density at radius 2 is 1.80 bits per heavy atom. The van der Waals surface area contributed by atoms with Gasteiger partial charge in [-0.25, -0.2) is 0 Å². The van der Waals surface area contributed by atoms with Crippen molar-refractivity contribution in [2.75, 3.05) is 12.4 Å². The summed E-state index contributed by atoms with van der Waals surface area (Å²) in [7, 11) is 1.99. The van der Waals surface area contributed by atoms with E-state index >= 15 is 0 Å². The summed E-state index contributed by atoms with van der Waals surface area (Å²) in [6.07, 6.45) is 0. The minimum Gasteiger partial charge on any atom is -0.324 e. The van der Waals surface area contributed by atoms with Gasteiger partial charge in [0.1, 0.15) is 6.04 Å². The second-order valence-electron chi connectivity index (χ2n) is 6.22. The Kier molecular flexibility index (Phi) is 5.64. The molecule has 0 saturated heterocycles. The van der Waals surface area contributed by atoms with Crippen molar-refractivity contribution < 1.29 is 4.79 Å². The molecule has 1 heterocycles. The number of benzene rings is 2. The Labute approximate surface area is 152 Å². The summed E-state index contributed by atoms with van der Waals surface area (Å²) in [6.45, 7) is 2.76. The van der Waals surface area contributed by atoms with Crippen LogP contribution in [0.4, 0.5) is 5.69 Å². The minimum absolute atomic E-state index is 0.0206. The molecule has 0 unspecified atom stereocenters. The standard InChI is InChI=1S/C21H22N2OS/c1-16-8-10-19(11-9-16)22-21(24)20(18-6-4-3-5-7-18)23(2)14-17-12-13-25-15-17/h3-13,15,20H,14H2,1-2H3,(H,22,24)/t20-/m1/s1. The summed E-state index contributed by atoms with van der Waals surface area (Å²) in [6, 6.07) is 19.6. The zero-order valence-electron chi connectivity index (χ0n) is 14.5. The van der Waals surface area contributed by atoms with E-state index in [1.165, 1.54) is 11.1 Å². The van der Waals surface area contributed by atoms with E-state index in [0.717, 1.165) is 17.8 Å². The molecule has 25 heavy (non-hydrogen) atoms. The zero-order valence-corrected chi connectivity index (χ0v) is 15.3. The summed E-state index contributed by atoms with van der Waals surface area (Å²) >= 11 is 1.67. The molecule has 1 aromatic heterocycles. The largest absolute Gasteiger partial charge is 0.324 e. The van der Waals surface area contributed by atoms with Gasteiger partial charge in [-0.3, -0.25) is 9.69 Å². The van der Waals surface area contributed by atoms with Gasteiger partial charge in [0.05, 0.1) is 0 Å². The van der Waals surface area contributed by atoms with Crippen LogP contribution in [0.2, 0.25) is 0 Å². The van der Waals surface area contributed by atoms with Crippen LogP contribution in [0.25, 0.3) is 0 Å². The number of hydrogen-bond donors (Lipinski definition) is 1. The number of amides is 1. The van der Waals surface area contributed by atoms with Gasteiger partial charge in [-0.2, -0.15) is 11.3 Å². The van der Waals surface area contributed by atoms with Gasteiger partial charge in [0.2, 0.25) is 5.91 Å². The number of rotatable bonds is 6. The molecule has 0 fully saturated rings. The molecule has 0 aliphatic carbocycles. The van der Waals surface area contributed by atoms with Gasteiger partial charge in [0, 0.05) is 12.2 Å². The van der Waals surface area contributed by atoms with Crippen LogP contribution >= 0.6 is 11.3 Å². The minimum atomic E-state index is -0.345. The maximum Gasteiger partial charge on any atom is 0.246 e. The van der Waals surface area contributed by atoms with Crippen molar-refractivity contribution in [3.63, 3.8) is 0 Å². The summed E-state index contributed by atoms with van der Waals surface area (Å²) in [5.74, 6) is -0.0206.